The average Bonchev–Trinajstić information content (AvgIpc) is 2.65. The van der Waals surface area contributed by atoms with E-state index in [1.807, 2.05) is 22.6 Å². The van der Waals surface area contributed by atoms with Crippen molar-refractivity contribution in [2.24, 2.45) is 0 Å². The second-order valence-corrected chi connectivity index (χ2v) is 5.05. The van der Waals surface area contributed by atoms with Crippen molar-refractivity contribution >= 4 is 28.5 Å². The van der Waals surface area contributed by atoms with Crippen molar-refractivity contribution in [3.8, 4) is 0 Å². The van der Waals surface area contributed by atoms with E-state index in [-0.39, 0.29) is 18.9 Å². The number of nitrogens with one attached hydrogen (secondary N) is 1. The highest BCUT2D eigenvalue weighted by atomic mass is 127. The van der Waals surface area contributed by atoms with E-state index in [1.165, 1.54) is 11.1 Å². The Hall–Kier alpha value is -0.420. The van der Waals surface area contributed by atoms with E-state index in [2.05, 4.69) is 5.32 Å². The van der Waals surface area contributed by atoms with Crippen LogP contribution >= 0.6 is 22.6 Å². The van der Waals surface area contributed by atoms with Crippen molar-refractivity contribution in [1.29, 1.82) is 0 Å². The average molecular weight is 356 g/mol. The van der Waals surface area contributed by atoms with Crippen LogP contribution in [-0.2, 0) is 9.53 Å². The molecule has 2 aliphatic heterocycles. The first-order chi connectivity index (χ1) is 8.02. The Labute approximate surface area is 111 Å². The van der Waals surface area contributed by atoms with Gasteiger partial charge in [-0.2, -0.15) is 0 Å². The Kier molecular flexibility index (Phi) is 3.88. The Morgan fingerprint density at radius 2 is 2.29 bits per heavy atom. The first-order valence-electron chi connectivity index (χ1n) is 5.11. The predicted molar refractivity (Wildman–Crippen MR) is 64.5 cm³/mol. The third-order valence-electron chi connectivity index (χ3n) is 2.74. The molecule has 2 rings (SSSR count). The minimum absolute atomic E-state index is 0.262. The monoisotopic (exact) mass is 356 g/mol. The second kappa shape index (κ2) is 5.06. The number of ether oxygens (including phenoxy) is 1. The molecule has 96 valence electrons. The van der Waals surface area contributed by atoms with E-state index < -0.39 is 24.8 Å². The summed E-state index contributed by atoms with van der Waals surface area (Å²) >= 11 is 1.84. The van der Waals surface area contributed by atoms with Gasteiger partial charge in [0.2, 0.25) is 6.35 Å². The molecule has 4 N–H and O–H groups in total. The lowest BCUT2D eigenvalue weighted by Gasteiger charge is -2.34. The summed E-state index contributed by atoms with van der Waals surface area (Å²) < 4.78 is 5.80. The van der Waals surface area contributed by atoms with Gasteiger partial charge in [0.05, 0.1) is 16.3 Å². The van der Waals surface area contributed by atoms with Gasteiger partial charge in [-0.05, 0) is 22.6 Å². The molecule has 0 spiro atoms. The molecule has 17 heavy (non-hydrogen) atoms. The molecule has 4 atom stereocenters. The van der Waals surface area contributed by atoms with Crippen molar-refractivity contribution in [3.63, 3.8) is 0 Å². The van der Waals surface area contributed by atoms with Crippen molar-refractivity contribution in [3.05, 3.63) is 9.78 Å². The Morgan fingerprint density at radius 1 is 1.59 bits per heavy atom. The van der Waals surface area contributed by atoms with Crippen LogP contribution in [0, 0.1) is 0 Å². The molecule has 8 heteroatoms. The number of halogens is 1. The smallest absolute Gasteiger partial charge is 0.262 e. The Bertz CT molecular complexity index is 350. The summed E-state index contributed by atoms with van der Waals surface area (Å²) in [7, 11) is 0. The van der Waals surface area contributed by atoms with Crippen LogP contribution in [0.1, 0.15) is 6.42 Å². The van der Waals surface area contributed by atoms with Crippen molar-refractivity contribution in [2.45, 2.75) is 31.2 Å². The minimum Gasteiger partial charge on any atom is -0.394 e. The summed E-state index contributed by atoms with van der Waals surface area (Å²) in [5.41, 5.74) is 0. The lowest BCUT2D eigenvalue weighted by atomic mass is 10.2. The predicted octanol–water partition coefficient (Wildman–Crippen LogP) is -1.56. The number of nitrogens with zero attached hydrogens (tertiary/aromatic N) is 1. The summed E-state index contributed by atoms with van der Waals surface area (Å²) in [6.07, 6.45) is -1.45. The summed E-state index contributed by atoms with van der Waals surface area (Å²) in [6.45, 7) is -0.283. The molecule has 0 bridgehead atoms. The molecular weight excluding hydrogens is 343 g/mol. The molecule has 0 radical (unpaired) electrons. The molecule has 7 nitrogen and oxygen atoms in total. The van der Waals surface area contributed by atoms with Gasteiger partial charge in [-0.3, -0.25) is 4.79 Å². The number of carbonyl (C=O) groups is 1. The van der Waals surface area contributed by atoms with Crippen molar-refractivity contribution < 1.29 is 24.9 Å². The van der Waals surface area contributed by atoms with Gasteiger partial charge in [-0.25, -0.2) is 0 Å². The fourth-order valence-corrected chi connectivity index (χ4v) is 2.30. The maximum absolute atomic E-state index is 11.2. The van der Waals surface area contributed by atoms with Gasteiger partial charge < -0.3 is 30.3 Å². The highest BCUT2D eigenvalue weighted by Gasteiger charge is 2.39. The number of aliphatic hydroxyl groups is 3. The molecule has 1 saturated heterocycles. The van der Waals surface area contributed by atoms with Crippen LogP contribution in [-0.4, -0.2) is 57.5 Å². The maximum Gasteiger partial charge on any atom is 0.262 e. The van der Waals surface area contributed by atoms with Crippen molar-refractivity contribution in [1.82, 2.24) is 10.2 Å². The van der Waals surface area contributed by atoms with Crippen LogP contribution in [0.15, 0.2) is 9.78 Å². The third kappa shape index (κ3) is 2.55. The summed E-state index contributed by atoms with van der Waals surface area (Å²) in [6, 6.07) is 0. The fourth-order valence-electron chi connectivity index (χ4n) is 1.82. The molecule has 2 heterocycles. The van der Waals surface area contributed by atoms with Gasteiger partial charge in [0, 0.05) is 12.6 Å². The molecule has 1 unspecified atom stereocenters. The molecule has 0 saturated carbocycles. The fraction of sp³-hybridized carbons (Fsp3) is 0.667. The SMILES string of the molecule is O=C1NC(O)N([C@H]2C[C@@H](O)[C@@H](CO)O2)C=C1I. The summed E-state index contributed by atoms with van der Waals surface area (Å²) in [5.74, 6) is -0.355. The number of rotatable bonds is 2. The minimum atomic E-state index is -1.18. The zero-order valence-corrected chi connectivity index (χ0v) is 10.9. The molecule has 0 aliphatic carbocycles. The zero-order chi connectivity index (χ0) is 12.6. The topological polar surface area (TPSA) is 102 Å². The molecule has 0 aromatic carbocycles. The van der Waals surface area contributed by atoms with Gasteiger partial charge in [-0.1, -0.05) is 0 Å². The molecule has 2 aliphatic rings. The maximum atomic E-state index is 11.2. The molecular formula is C9H13IN2O5. The lowest BCUT2D eigenvalue weighted by Crippen LogP contribution is -2.53. The van der Waals surface area contributed by atoms with Gasteiger partial charge in [0.25, 0.3) is 5.91 Å². The number of carbonyl (C=O) groups excluding carboxylic acids is 1. The van der Waals surface area contributed by atoms with Crippen LogP contribution in [0.25, 0.3) is 0 Å². The Balaban J connectivity index is 2.10. The number of hydrogen-bond acceptors (Lipinski definition) is 6. The molecule has 1 amide bonds. The van der Waals surface area contributed by atoms with E-state index in [0.717, 1.165) is 0 Å². The van der Waals surface area contributed by atoms with Crippen molar-refractivity contribution in [2.75, 3.05) is 6.61 Å². The van der Waals surface area contributed by atoms with Gasteiger partial charge in [-0.15, -0.1) is 0 Å². The van der Waals surface area contributed by atoms with Crippen LogP contribution in [0.5, 0.6) is 0 Å². The Morgan fingerprint density at radius 3 is 2.88 bits per heavy atom. The highest BCUT2D eigenvalue weighted by Crippen LogP contribution is 2.27. The molecule has 0 aromatic heterocycles. The van der Waals surface area contributed by atoms with Crippen LogP contribution in [0.2, 0.25) is 0 Å². The van der Waals surface area contributed by atoms with Gasteiger partial charge in [0.15, 0.2) is 0 Å². The number of aliphatic hydroxyl groups excluding tert-OH is 3. The number of amides is 1. The van der Waals surface area contributed by atoms with Crippen LogP contribution in [0.4, 0.5) is 0 Å². The van der Waals surface area contributed by atoms with E-state index in [1.54, 1.807) is 0 Å². The largest absolute Gasteiger partial charge is 0.394 e. The number of hydrogen-bond donors (Lipinski definition) is 4. The van der Waals surface area contributed by atoms with E-state index >= 15 is 0 Å². The lowest BCUT2D eigenvalue weighted by molar-refractivity contribution is -0.142. The van der Waals surface area contributed by atoms with Crippen LogP contribution in [0.3, 0.4) is 0 Å². The zero-order valence-electron chi connectivity index (χ0n) is 8.78. The summed E-state index contributed by atoms with van der Waals surface area (Å²) in [5, 5.41) is 30.6. The van der Waals surface area contributed by atoms with E-state index in [9.17, 15) is 15.0 Å². The summed E-state index contributed by atoms with van der Waals surface area (Å²) in [4.78, 5) is 12.7. The van der Waals surface area contributed by atoms with E-state index in [4.69, 9.17) is 9.84 Å². The van der Waals surface area contributed by atoms with E-state index in [0.29, 0.717) is 3.58 Å². The third-order valence-corrected chi connectivity index (χ3v) is 3.51. The van der Waals surface area contributed by atoms with Gasteiger partial charge >= 0.3 is 0 Å². The second-order valence-electron chi connectivity index (χ2n) is 3.89. The first kappa shape index (κ1) is 13.0. The molecule has 0 aromatic rings. The normalized spacial score (nSPS) is 38.0. The first-order valence-corrected chi connectivity index (χ1v) is 6.19. The molecule has 1 fully saturated rings. The quantitative estimate of drug-likeness (QED) is 0.447. The highest BCUT2D eigenvalue weighted by molar-refractivity contribution is 14.1. The van der Waals surface area contributed by atoms with Crippen LogP contribution < -0.4 is 5.32 Å². The standard InChI is InChI=1S/C9H13IN2O5/c10-4-2-12(9(16)11-8(4)15)7-1-5(14)6(3-13)17-7/h2,5-7,9,13-14,16H,1,3H2,(H,11,15)/t5-,6-,7-,9?/m1/s1. The van der Waals surface area contributed by atoms with Gasteiger partial charge in [0.1, 0.15) is 12.3 Å².